The Balaban J connectivity index is 0.000000219. The van der Waals surface area contributed by atoms with Crippen LogP contribution >= 0.6 is 0 Å². The molecular weight excluding hydrogens is 1030 g/mol. The van der Waals surface area contributed by atoms with Crippen molar-refractivity contribution in [1.82, 2.24) is 15.0 Å². The highest BCUT2D eigenvalue weighted by atomic mass is 14.7. The van der Waals surface area contributed by atoms with Gasteiger partial charge in [0.2, 0.25) is 0 Å². The number of hydrogen-bond acceptors (Lipinski definition) is 3. The summed E-state index contributed by atoms with van der Waals surface area (Å²) in [4.78, 5) is 14.9. The highest BCUT2D eigenvalue weighted by Gasteiger charge is 2.40. The molecule has 0 amide bonds. The normalized spacial score (nSPS) is 17.3. The molecule has 10 aromatic rings. The van der Waals surface area contributed by atoms with E-state index in [0.717, 1.165) is 28.2 Å². The predicted molar refractivity (Wildman–Crippen MR) is 360 cm³/mol. The van der Waals surface area contributed by atoms with E-state index >= 15 is 0 Å². The minimum atomic E-state index is 0.161. The molecule has 0 spiro atoms. The van der Waals surface area contributed by atoms with E-state index in [0.29, 0.717) is 0 Å². The fourth-order valence-electron chi connectivity index (χ4n) is 14.1. The summed E-state index contributed by atoms with van der Waals surface area (Å²) in [5.41, 5.74) is 29.8. The van der Waals surface area contributed by atoms with Gasteiger partial charge in [0.05, 0.1) is 17.1 Å². The van der Waals surface area contributed by atoms with Crippen molar-refractivity contribution in [3.8, 4) is 89.4 Å². The van der Waals surface area contributed by atoms with Crippen molar-refractivity contribution in [3.63, 3.8) is 0 Å². The second kappa shape index (κ2) is 21.8. The fraction of sp³-hybridized carbons (Fsp3) is 0.305. The molecule has 7 aromatic carbocycles. The first-order valence-corrected chi connectivity index (χ1v) is 31.2. The highest BCUT2D eigenvalue weighted by molar-refractivity contribution is 5.89. The molecule has 0 aliphatic heterocycles. The topological polar surface area (TPSA) is 38.7 Å². The van der Waals surface area contributed by atoms with Gasteiger partial charge in [-0.3, -0.25) is 15.0 Å². The minimum absolute atomic E-state index is 0.161. The van der Waals surface area contributed by atoms with Crippen LogP contribution < -0.4 is 0 Å². The Morgan fingerprint density at radius 1 is 0.235 bits per heavy atom. The molecule has 3 nitrogen and oxygen atoms in total. The molecule has 0 atom stereocenters. The van der Waals surface area contributed by atoms with Crippen LogP contribution in [0.4, 0.5) is 0 Å². The summed E-state index contributed by atoms with van der Waals surface area (Å²) in [7, 11) is 0. The van der Waals surface area contributed by atoms with E-state index in [4.69, 9.17) is 15.0 Å². The Hall–Kier alpha value is -8.01. The summed E-state index contributed by atoms with van der Waals surface area (Å²) in [5.74, 6) is 0. The molecule has 0 unspecified atom stereocenters. The van der Waals surface area contributed by atoms with Crippen molar-refractivity contribution < 1.29 is 0 Å². The molecule has 3 heterocycles. The molecule has 0 N–H and O–H groups in total. The SMILES string of the molecule is CC1(C)CCC(C)(C)c2cc(-c3ccc(-c4ccccc4-c4cccc(-c5ccccc5-c5ccc(-c6ccc7c(c6)C(C)(C)CCC7(C)C)nc5)c4)cn3)ccc21.Cc1ccccc1-c1ccc(-c2ccc3c(c2)C(C)(C)CCC3(C)C)nc1. The van der Waals surface area contributed by atoms with E-state index in [1.54, 1.807) is 0 Å². The van der Waals surface area contributed by atoms with E-state index in [9.17, 15) is 0 Å². The van der Waals surface area contributed by atoms with E-state index in [1.807, 2.05) is 18.6 Å². The van der Waals surface area contributed by atoms with Crippen LogP contribution in [-0.2, 0) is 32.5 Å². The highest BCUT2D eigenvalue weighted by Crippen LogP contribution is 2.50. The van der Waals surface area contributed by atoms with Gasteiger partial charge in [-0.15, -0.1) is 0 Å². The lowest BCUT2D eigenvalue weighted by atomic mass is 9.63. The van der Waals surface area contributed by atoms with Crippen molar-refractivity contribution in [2.75, 3.05) is 0 Å². The molecule has 3 aliphatic carbocycles. The first-order chi connectivity index (χ1) is 40.5. The van der Waals surface area contributed by atoms with Crippen LogP contribution in [0.5, 0.6) is 0 Å². The monoisotopic (exact) mass is 1110 g/mol. The van der Waals surface area contributed by atoms with Gasteiger partial charge in [-0.1, -0.05) is 229 Å². The van der Waals surface area contributed by atoms with Crippen molar-refractivity contribution in [2.45, 2.75) is 161 Å². The molecule has 3 aliphatic rings. The first kappa shape index (κ1) is 57.4. The van der Waals surface area contributed by atoms with Gasteiger partial charge in [0.25, 0.3) is 0 Å². The van der Waals surface area contributed by atoms with Crippen molar-refractivity contribution in [1.29, 1.82) is 0 Å². The largest absolute Gasteiger partial charge is 0.256 e. The Labute approximate surface area is 508 Å². The minimum Gasteiger partial charge on any atom is -0.256 e. The molecular formula is C82H85N3. The molecule has 0 bridgehead atoms. The summed E-state index contributed by atoms with van der Waals surface area (Å²) in [5, 5.41) is 0. The quantitative estimate of drug-likeness (QED) is 0.152. The number of pyridine rings is 3. The molecule has 0 saturated heterocycles. The Morgan fingerprint density at radius 2 is 0.506 bits per heavy atom. The number of fused-ring (bicyclic) bond motifs is 3. The van der Waals surface area contributed by atoms with Gasteiger partial charge in [-0.2, -0.15) is 0 Å². The van der Waals surface area contributed by atoms with Gasteiger partial charge < -0.3 is 0 Å². The summed E-state index contributed by atoms with van der Waals surface area (Å²) < 4.78 is 0. The van der Waals surface area contributed by atoms with Crippen LogP contribution in [0.25, 0.3) is 89.4 Å². The predicted octanol–water partition coefficient (Wildman–Crippen LogP) is 22.2. The van der Waals surface area contributed by atoms with Crippen LogP contribution in [-0.4, -0.2) is 15.0 Å². The summed E-state index contributed by atoms with van der Waals surface area (Å²) in [6.07, 6.45) is 13.4. The maximum atomic E-state index is 5.05. The average molecular weight is 1110 g/mol. The maximum Gasteiger partial charge on any atom is 0.0702 e. The van der Waals surface area contributed by atoms with E-state index in [2.05, 4.69) is 278 Å². The van der Waals surface area contributed by atoms with E-state index in [-0.39, 0.29) is 32.5 Å². The molecule has 0 saturated carbocycles. The lowest BCUT2D eigenvalue weighted by molar-refractivity contribution is 0.332. The third kappa shape index (κ3) is 11.2. The van der Waals surface area contributed by atoms with Gasteiger partial charge in [0.15, 0.2) is 0 Å². The maximum absolute atomic E-state index is 5.05. The van der Waals surface area contributed by atoms with E-state index < -0.39 is 0 Å². The Bertz CT molecular complexity index is 3930. The Morgan fingerprint density at radius 3 is 0.812 bits per heavy atom. The van der Waals surface area contributed by atoms with Crippen molar-refractivity contribution in [2.24, 2.45) is 0 Å². The van der Waals surface area contributed by atoms with Crippen LogP contribution in [0.15, 0.2) is 207 Å². The molecule has 428 valence electrons. The molecule has 85 heavy (non-hydrogen) atoms. The van der Waals surface area contributed by atoms with Crippen molar-refractivity contribution >= 4 is 0 Å². The number of aromatic nitrogens is 3. The first-order valence-electron chi connectivity index (χ1n) is 31.2. The summed E-state index contributed by atoms with van der Waals surface area (Å²) in [6, 6.07) is 69.0. The smallest absolute Gasteiger partial charge is 0.0702 e. The molecule has 3 heteroatoms. The lowest BCUT2D eigenvalue weighted by Gasteiger charge is -2.42. The van der Waals surface area contributed by atoms with Gasteiger partial charge >= 0.3 is 0 Å². The van der Waals surface area contributed by atoms with E-state index in [1.165, 1.54) is 139 Å². The second-order valence-electron chi connectivity index (χ2n) is 28.9. The van der Waals surface area contributed by atoms with Crippen molar-refractivity contribution in [3.05, 3.63) is 246 Å². The zero-order valence-electron chi connectivity index (χ0n) is 52.7. The third-order valence-electron chi connectivity index (χ3n) is 20.2. The molecule has 3 aromatic heterocycles. The van der Waals surface area contributed by atoms with Gasteiger partial charge in [-0.25, -0.2) is 0 Å². The number of nitrogens with zero attached hydrogens (tertiary/aromatic N) is 3. The zero-order chi connectivity index (χ0) is 59.7. The zero-order valence-corrected chi connectivity index (χ0v) is 52.7. The molecule has 13 rings (SSSR count). The van der Waals surface area contributed by atoms with Gasteiger partial charge in [0.1, 0.15) is 0 Å². The molecule has 0 fully saturated rings. The molecule has 0 radical (unpaired) electrons. The lowest BCUT2D eigenvalue weighted by Crippen LogP contribution is -2.33. The van der Waals surface area contributed by atoms with Crippen LogP contribution in [0.2, 0.25) is 0 Å². The average Bonchev–Trinajstić information content (AvgIpc) is 1.78. The number of aryl methyl sites for hydroxylation is 1. The fourth-order valence-corrected chi connectivity index (χ4v) is 14.1. The third-order valence-corrected chi connectivity index (χ3v) is 20.2. The number of rotatable bonds is 8. The van der Waals surface area contributed by atoms with Crippen LogP contribution in [0, 0.1) is 6.92 Å². The second-order valence-corrected chi connectivity index (χ2v) is 28.9. The Kier molecular flexibility index (Phi) is 14.7. The number of benzene rings is 7. The summed E-state index contributed by atoms with van der Waals surface area (Å²) >= 11 is 0. The summed E-state index contributed by atoms with van der Waals surface area (Å²) in [6.45, 7) is 30.7. The van der Waals surface area contributed by atoms with Crippen LogP contribution in [0.3, 0.4) is 0 Å². The standard InChI is InChI=1S/C56H56N2.C26H29N/c1-53(2)28-30-55(5,6)49-33-39(20-24-47(49)53)51-26-22-41(35-57-51)45-18-11-9-16-43(45)37-14-13-15-38(32-37)44-17-10-12-19-46(44)42-23-27-52(58-36-42)40-21-25-48-50(34-40)56(7,8)31-29-54(48,3)4;1-18-8-6-7-9-21(18)20-11-13-24(27-17-20)19-10-12-22-23(16-19)26(4,5)15-14-25(22,2)3/h9-27,32-36H,28-31H2,1-8H3;6-13,16-17H,14-15H2,1-5H3. The van der Waals surface area contributed by atoms with Gasteiger partial charge in [0, 0.05) is 52.0 Å². The van der Waals surface area contributed by atoms with Crippen LogP contribution in [0.1, 0.15) is 161 Å². The van der Waals surface area contributed by atoms with Gasteiger partial charge in [-0.05, 0) is 198 Å². The number of hydrogen-bond donors (Lipinski definition) is 0.